The monoisotopic (exact) mass is 408 g/mol. The zero-order chi connectivity index (χ0) is 15.5. The summed E-state index contributed by atoms with van der Waals surface area (Å²) in [4.78, 5) is 0. The molecule has 0 N–H and O–H groups in total. The van der Waals surface area contributed by atoms with E-state index in [-0.39, 0.29) is 5.82 Å². The SMILES string of the molecule is Fc1ccc(Cl)c(CC(CCl)(CCl)c2ccc(Br)cc2)c1. The lowest BCUT2D eigenvalue weighted by Gasteiger charge is -2.31. The Morgan fingerprint density at radius 2 is 1.62 bits per heavy atom. The normalized spacial score (nSPS) is 11.7. The summed E-state index contributed by atoms with van der Waals surface area (Å²) in [6.45, 7) is 0. The van der Waals surface area contributed by atoms with Crippen LogP contribution < -0.4 is 0 Å². The van der Waals surface area contributed by atoms with Gasteiger partial charge in [0.1, 0.15) is 5.82 Å². The van der Waals surface area contributed by atoms with E-state index in [4.69, 9.17) is 34.8 Å². The van der Waals surface area contributed by atoms with Gasteiger partial charge < -0.3 is 0 Å². The Bertz CT molecular complexity index is 609. The predicted octanol–water partition coefficient (Wildman–Crippen LogP) is 6.20. The van der Waals surface area contributed by atoms with Crippen LogP contribution in [0.25, 0.3) is 0 Å². The van der Waals surface area contributed by atoms with Crippen molar-refractivity contribution in [3.8, 4) is 0 Å². The Labute approximate surface area is 147 Å². The minimum absolute atomic E-state index is 0.316. The Balaban J connectivity index is 2.42. The third kappa shape index (κ3) is 3.92. The van der Waals surface area contributed by atoms with Crippen LogP contribution in [0.3, 0.4) is 0 Å². The maximum Gasteiger partial charge on any atom is 0.123 e. The molecule has 0 amide bonds. The smallest absolute Gasteiger partial charge is 0.123 e. The molecule has 0 bridgehead atoms. The molecular formula is C16H13BrCl3F. The standard InChI is InChI=1S/C16H13BrCl3F/c17-13-3-1-12(2-4-13)16(9-18,10-19)8-11-7-14(21)5-6-15(11)20/h1-7H,8-10H2. The van der Waals surface area contributed by atoms with Gasteiger partial charge in [-0.25, -0.2) is 4.39 Å². The van der Waals surface area contributed by atoms with Crippen LogP contribution in [0.15, 0.2) is 46.9 Å². The molecule has 0 aliphatic rings. The summed E-state index contributed by atoms with van der Waals surface area (Å²) >= 11 is 22.0. The fraction of sp³-hybridized carbons (Fsp3) is 0.250. The molecule has 0 fully saturated rings. The molecule has 2 aromatic carbocycles. The van der Waals surface area contributed by atoms with E-state index in [1.807, 2.05) is 24.3 Å². The first kappa shape index (κ1) is 17.1. The second-order valence-corrected chi connectivity index (χ2v) is 6.82. The van der Waals surface area contributed by atoms with Crippen LogP contribution in [0.1, 0.15) is 11.1 Å². The zero-order valence-corrected chi connectivity index (χ0v) is 14.9. The van der Waals surface area contributed by atoms with Crippen molar-refractivity contribution in [3.05, 3.63) is 68.9 Å². The molecular weight excluding hydrogens is 397 g/mol. The van der Waals surface area contributed by atoms with Gasteiger partial charge in [0.2, 0.25) is 0 Å². The van der Waals surface area contributed by atoms with Crippen molar-refractivity contribution in [2.75, 3.05) is 11.8 Å². The van der Waals surface area contributed by atoms with Crippen molar-refractivity contribution in [2.24, 2.45) is 0 Å². The number of benzene rings is 2. The first-order valence-electron chi connectivity index (χ1n) is 6.33. The van der Waals surface area contributed by atoms with E-state index in [0.717, 1.165) is 10.0 Å². The van der Waals surface area contributed by atoms with Crippen molar-refractivity contribution in [1.29, 1.82) is 0 Å². The van der Waals surface area contributed by atoms with Crippen molar-refractivity contribution in [3.63, 3.8) is 0 Å². The van der Waals surface area contributed by atoms with E-state index in [1.54, 1.807) is 6.07 Å². The summed E-state index contributed by atoms with van der Waals surface area (Å²) in [5, 5.41) is 0.521. The van der Waals surface area contributed by atoms with E-state index in [2.05, 4.69) is 15.9 Å². The number of hydrogen-bond donors (Lipinski definition) is 0. The second-order valence-electron chi connectivity index (χ2n) is 4.97. The fourth-order valence-corrected chi connectivity index (χ4v) is 3.47. The molecule has 2 aromatic rings. The third-order valence-corrected chi connectivity index (χ3v) is 5.43. The highest BCUT2D eigenvalue weighted by atomic mass is 79.9. The second kappa shape index (κ2) is 7.32. The van der Waals surface area contributed by atoms with Gasteiger partial charge >= 0.3 is 0 Å². The van der Waals surface area contributed by atoms with Crippen molar-refractivity contribution < 1.29 is 4.39 Å². The molecule has 0 heterocycles. The molecule has 112 valence electrons. The van der Waals surface area contributed by atoms with Gasteiger partial charge in [0.25, 0.3) is 0 Å². The van der Waals surface area contributed by atoms with Crippen molar-refractivity contribution in [2.45, 2.75) is 11.8 Å². The molecule has 5 heteroatoms. The number of halogens is 5. The molecule has 0 spiro atoms. The highest BCUT2D eigenvalue weighted by Gasteiger charge is 2.32. The quantitative estimate of drug-likeness (QED) is 0.515. The average Bonchev–Trinajstić information content (AvgIpc) is 2.49. The van der Waals surface area contributed by atoms with Gasteiger partial charge in [-0.2, -0.15) is 0 Å². The average molecular weight is 411 g/mol. The maximum absolute atomic E-state index is 13.5. The van der Waals surface area contributed by atoms with Crippen LogP contribution in [0.5, 0.6) is 0 Å². The molecule has 0 atom stereocenters. The van der Waals surface area contributed by atoms with E-state index >= 15 is 0 Å². The highest BCUT2D eigenvalue weighted by molar-refractivity contribution is 9.10. The minimum atomic E-state index is -0.485. The van der Waals surface area contributed by atoms with Gasteiger partial charge in [-0.15, -0.1) is 23.2 Å². The largest absolute Gasteiger partial charge is 0.207 e. The predicted molar refractivity (Wildman–Crippen MR) is 92.4 cm³/mol. The van der Waals surface area contributed by atoms with Gasteiger partial charge in [0.05, 0.1) is 0 Å². The lowest BCUT2D eigenvalue weighted by Crippen LogP contribution is -2.33. The van der Waals surface area contributed by atoms with E-state index in [0.29, 0.717) is 28.8 Å². The minimum Gasteiger partial charge on any atom is -0.207 e. The Kier molecular flexibility index (Phi) is 5.96. The summed E-state index contributed by atoms with van der Waals surface area (Å²) in [6.07, 6.45) is 0.484. The molecule has 0 saturated heterocycles. The Hall–Kier alpha value is -0.280. The lowest BCUT2D eigenvalue weighted by molar-refractivity contribution is 0.533. The first-order chi connectivity index (χ1) is 10.0. The van der Waals surface area contributed by atoms with Gasteiger partial charge in [0.15, 0.2) is 0 Å². The Morgan fingerprint density at radius 3 is 2.19 bits per heavy atom. The van der Waals surface area contributed by atoms with Crippen molar-refractivity contribution in [1.82, 2.24) is 0 Å². The number of alkyl halides is 2. The van der Waals surface area contributed by atoms with Crippen LogP contribution >= 0.6 is 50.7 Å². The maximum atomic E-state index is 13.5. The van der Waals surface area contributed by atoms with E-state index in [9.17, 15) is 4.39 Å². The van der Waals surface area contributed by atoms with E-state index < -0.39 is 5.41 Å². The van der Waals surface area contributed by atoms with Gasteiger partial charge in [0, 0.05) is 26.7 Å². The third-order valence-electron chi connectivity index (χ3n) is 3.50. The fourth-order valence-electron chi connectivity index (χ4n) is 2.23. The lowest BCUT2D eigenvalue weighted by atomic mass is 9.78. The molecule has 21 heavy (non-hydrogen) atoms. The number of rotatable bonds is 5. The summed E-state index contributed by atoms with van der Waals surface area (Å²) in [5.41, 5.74) is 1.23. The topological polar surface area (TPSA) is 0 Å². The van der Waals surface area contributed by atoms with Gasteiger partial charge in [-0.05, 0) is 47.9 Å². The van der Waals surface area contributed by atoms with Crippen LogP contribution in [-0.2, 0) is 11.8 Å². The van der Waals surface area contributed by atoms with Gasteiger partial charge in [-0.1, -0.05) is 39.7 Å². The molecule has 0 aromatic heterocycles. The summed E-state index contributed by atoms with van der Waals surface area (Å²) in [7, 11) is 0. The highest BCUT2D eigenvalue weighted by Crippen LogP contribution is 2.34. The van der Waals surface area contributed by atoms with Crippen LogP contribution in [0.4, 0.5) is 4.39 Å². The summed E-state index contributed by atoms with van der Waals surface area (Å²) < 4.78 is 14.4. The molecule has 2 rings (SSSR count). The zero-order valence-electron chi connectivity index (χ0n) is 11.1. The number of hydrogen-bond acceptors (Lipinski definition) is 0. The molecule has 0 radical (unpaired) electrons. The molecule has 0 nitrogen and oxygen atoms in total. The molecule has 0 aliphatic carbocycles. The Morgan fingerprint density at radius 1 is 1.00 bits per heavy atom. The van der Waals surface area contributed by atoms with Crippen LogP contribution in [0, 0.1) is 5.82 Å². The van der Waals surface area contributed by atoms with Crippen molar-refractivity contribution >= 4 is 50.7 Å². The molecule has 0 aliphatic heterocycles. The molecule has 0 unspecified atom stereocenters. The summed E-state index contributed by atoms with van der Waals surface area (Å²) in [5.74, 6) is 0.332. The van der Waals surface area contributed by atoms with Crippen LogP contribution in [0.2, 0.25) is 5.02 Å². The summed E-state index contributed by atoms with van der Waals surface area (Å²) in [6, 6.07) is 12.2. The van der Waals surface area contributed by atoms with E-state index in [1.165, 1.54) is 12.1 Å². The first-order valence-corrected chi connectivity index (χ1v) is 8.57. The molecule has 0 saturated carbocycles. The van der Waals surface area contributed by atoms with Gasteiger partial charge in [-0.3, -0.25) is 0 Å². The van der Waals surface area contributed by atoms with Crippen LogP contribution in [-0.4, -0.2) is 11.8 Å².